The molecule has 2 heterocycles. The summed E-state index contributed by atoms with van der Waals surface area (Å²) in [5, 5.41) is 13.1. The minimum atomic E-state index is -0.565. The van der Waals surface area contributed by atoms with Gasteiger partial charge >= 0.3 is 0 Å². The summed E-state index contributed by atoms with van der Waals surface area (Å²) in [7, 11) is 0. The van der Waals surface area contributed by atoms with Crippen molar-refractivity contribution in [1.29, 1.82) is 0 Å². The molecule has 0 aliphatic carbocycles. The van der Waals surface area contributed by atoms with E-state index in [0.29, 0.717) is 26.2 Å². The molecule has 0 spiro atoms. The second-order valence-electron chi connectivity index (χ2n) is 4.75. The molecule has 1 aromatic heterocycles. The van der Waals surface area contributed by atoms with Gasteiger partial charge in [0.15, 0.2) is 0 Å². The minimum Gasteiger partial charge on any atom is -0.390 e. The molecule has 1 N–H and O–H groups in total. The number of benzene rings is 1. The number of aliphatic hydroxyl groups is 1. The molecule has 0 saturated carbocycles. The molecule has 106 valence electrons. The van der Waals surface area contributed by atoms with Gasteiger partial charge < -0.3 is 14.6 Å². The lowest BCUT2D eigenvalue weighted by molar-refractivity contribution is -0.131. The third kappa shape index (κ3) is 3.24. The number of rotatable bonds is 4. The highest BCUT2D eigenvalue weighted by Crippen LogP contribution is 2.23. The number of aromatic nitrogens is 1. The lowest BCUT2D eigenvalue weighted by atomic mass is 10.1. The average molecular weight is 291 g/mol. The summed E-state index contributed by atoms with van der Waals surface area (Å²) in [5.41, 5.74) is 2.06. The van der Waals surface area contributed by atoms with Gasteiger partial charge in [0.1, 0.15) is 6.10 Å². The smallest absolute Gasteiger partial charge is 0.107 e. The molecule has 2 atom stereocenters. The number of ether oxygens (including phenoxy) is 2. The zero-order chi connectivity index (χ0) is 13.8. The van der Waals surface area contributed by atoms with Crippen molar-refractivity contribution in [2.45, 2.75) is 18.6 Å². The molecule has 0 radical (unpaired) electrons. The van der Waals surface area contributed by atoms with Crippen molar-refractivity contribution in [3.05, 3.63) is 40.7 Å². The monoisotopic (exact) mass is 291 g/mol. The van der Waals surface area contributed by atoms with E-state index in [1.165, 1.54) is 0 Å². The van der Waals surface area contributed by atoms with Crippen LogP contribution in [0.1, 0.15) is 5.01 Å². The summed E-state index contributed by atoms with van der Waals surface area (Å²) in [6.45, 7) is 1.62. The van der Waals surface area contributed by atoms with E-state index in [2.05, 4.69) is 4.98 Å². The molecule has 0 amide bonds. The number of hydrogen-bond donors (Lipinski definition) is 1. The highest BCUT2D eigenvalue weighted by atomic mass is 32.1. The second kappa shape index (κ2) is 6.45. The predicted octanol–water partition coefficient (Wildman–Crippen LogP) is 2.13. The van der Waals surface area contributed by atoms with Gasteiger partial charge in [-0.1, -0.05) is 30.3 Å². The number of nitrogens with zero attached hydrogens (tertiary/aromatic N) is 1. The lowest BCUT2D eigenvalue weighted by Gasteiger charge is -2.26. The zero-order valence-corrected chi connectivity index (χ0v) is 11.9. The minimum absolute atomic E-state index is 0.243. The van der Waals surface area contributed by atoms with E-state index in [1.807, 2.05) is 35.7 Å². The summed E-state index contributed by atoms with van der Waals surface area (Å²) < 4.78 is 10.8. The molecule has 1 fully saturated rings. The SMILES string of the molecule is OC(Cc1nc(-c2ccccc2)cs1)C1COCCO1. The lowest BCUT2D eigenvalue weighted by Crippen LogP contribution is -2.39. The molecule has 3 rings (SSSR count). The van der Waals surface area contributed by atoms with E-state index in [0.717, 1.165) is 16.3 Å². The van der Waals surface area contributed by atoms with E-state index < -0.39 is 6.10 Å². The molecule has 0 bridgehead atoms. The Hall–Kier alpha value is -1.27. The quantitative estimate of drug-likeness (QED) is 0.937. The largest absolute Gasteiger partial charge is 0.390 e. The standard InChI is InChI=1S/C15H17NO3S/c17-13(14-9-18-6-7-19-14)8-15-16-12(10-20-15)11-4-2-1-3-5-11/h1-5,10,13-14,17H,6-9H2. The van der Waals surface area contributed by atoms with E-state index in [4.69, 9.17) is 9.47 Å². The molecular weight excluding hydrogens is 274 g/mol. The van der Waals surface area contributed by atoms with Gasteiger partial charge in [0.25, 0.3) is 0 Å². The first-order chi connectivity index (χ1) is 9.83. The summed E-state index contributed by atoms with van der Waals surface area (Å²) in [6, 6.07) is 10.1. The Morgan fingerprint density at radius 1 is 1.30 bits per heavy atom. The second-order valence-corrected chi connectivity index (χ2v) is 5.69. The van der Waals surface area contributed by atoms with Gasteiger partial charge in [0.2, 0.25) is 0 Å². The van der Waals surface area contributed by atoms with E-state index in [-0.39, 0.29) is 6.10 Å². The van der Waals surface area contributed by atoms with Crippen molar-refractivity contribution in [3.63, 3.8) is 0 Å². The van der Waals surface area contributed by atoms with Gasteiger partial charge in [-0.3, -0.25) is 0 Å². The van der Waals surface area contributed by atoms with Crippen LogP contribution in [-0.4, -0.2) is 42.1 Å². The van der Waals surface area contributed by atoms with Crippen molar-refractivity contribution < 1.29 is 14.6 Å². The van der Waals surface area contributed by atoms with Crippen LogP contribution in [0.3, 0.4) is 0 Å². The molecule has 2 unspecified atom stereocenters. The van der Waals surface area contributed by atoms with Gasteiger partial charge in [0, 0.05) is 17.4 Å². The maximum atomic E-state index is 10.2. The molecule has 1 aromatic carbocycles. The molecular formula is C15H17NO3S. The Morgan fingerprint density at radius 2 is 2.15 bits per heavy atom. The first-order valence-corrected chi connectivity index (χ1v) is 7.58. The maximum absolute atomic E-state index is 10.2. The van der Waals surface area contributed by atoms with Crippen LogP contribution in [-0.2, 0) is 15.9 Å². The van der Waals surface area contributed by atoms with Crippen LogP contribution in [0.2, 0.25) is 0 Å². The molecule has 1 saturated heterocycles. The van der Waals surface area contributed by atoms with Crippen molar-refractivity contribution in [1.82, 2.24) is 4.98 Å². The van der Waals surface area contributed by atoms with E-state index in [1.54, 1.807) is 11.3 Å². The van der Waals surface area contributed by atoms with E-state index >= 15 is 0 Å². The first-order valence-electron chi connectivity index (χ1n) is 6.70. The Labute approximate surface area is 122 Å². The van der Waals surface area contributed by atoms with Crippen LogP contribution >= 0.6 is 11.3 Å². The summed E-state index contributed by atoms with van der Waals surface area (Å²) in [5.74, 6) is 0. The molecule has 4 nitrogen and oxygen atoms in total. The highest BCUT2D eigenvalue weighted by Gasteiger charge is 2.24. The molecule has 2 aromatic rings. The van der Waals surface area contributed by atoms with Crippen molar-refractivity contribution in [2.75, 3.05) is 19.8 Å². The number of thiazole rings is 1. The van der Waals surface area contributed by atoms with Crippen molar-refractivity contribution in [2.24, 2.45) is 0 Å². The van der Waals surface area contributed by atoms with Crippen LogP contribution in [0.15, 0.2) is 35.7 Å². The van der Waals surface area contributed by atoms with Gasteiger partial charge in [-0.2, -0.15) is 0 Å². The van der Waals surface area contributed by atoms with Crippen LogP contribution in [0, 0.1) is 0 Å². The molecule has 1 aliphatic heterocycles. The van der Waals surface area contributed by atoms with Crippen molar-refractivity contribution >= 4 is 11.3 Å². The van der Waals surface area contributed by atoms with Gasteiger partial charge in [0.05, 0.1) is 36.6 Å². The Balaban J connectivity index is 1.65. The van der Waals surface area contributed by atoms with Crippen molar-refractivity contribution in [3.8, 4) is 11.3 Å². The number of hydrogen-bond acceptors (Lipinski definition) is 5. The topological polar surface area (TPSA) is 51.6 Å². The van der Waals surface area contributed by atoms with Gasteiger partial charge in [-0.25, -0.2) is 4.98 Å². The zero-order valence-electron chi connectivity index (χ0n) is 11.1. The van der Waals surface area contributed by atoms with Crippen LogP contribution in [0.4, 0.5) is 0 Å². The first kappa shape index (κ1) is 13.7. The summed E-state index contributed by atoms with van der Waals surface area (Å²) >= 11 is 1.57. The van der Waals surface area contributed by atoms with Crippen LogP contribution < -0.4 is 0 Å². The van der Waals surface area contributed by atoms with E-state index in [9.17, 15) is 5.11 Å². The third-order valence-electron chi connectivity index (χ3n) is 3.28. The molecule has 5 heteroatoms. The average Bonchev–Trinajstić information content (AvgIpc) is 2.97. The maximum Gasteiger partial charge on any atom is 0.107 e. The van der Waals surface area contributed by atoms with Crippen LogP contribution in [0.5, 0.6) is 0 Å². The van der Waals surface area contributed by atoms with Gasteiger partial charge in [-0.05, 0) is 0 Å². The predicted molar refractivity (Wildman–Crippen MR) is 77.8 cm³/mol. The fourth-order valence-electron chi connectivity index (χ4n) is 2.18. The normalized spacial score (nSPS) is 20.8. The third-order valence-corrected chi connectivity index (χ3v) is 4.15. The Morgan fingerprint density at radius 3 is 2.90 bits per heavy atom. The summed E-state index contributed by atoms with van der Waals surface area (Å²) in [6.07, 6.45) is -0.302. The fourth-order valence-corrected chi connectivity index (χ4v) is 3.04. The molecule has 20 heavy (non-hydrogen) atoms. The summed E-state index contributed by atoms with van der Waals surface area (Å²) in [4.78, 5) is 4.58. The Kier molecular flexibility index (Phi) is 4.42. The van der Waals surface area contributed by atoms with Gasteiger partial charge in [-0.15, -0.1) is 11.3 Å². The number of aliphatic hydroxyl groups excluding tert-OH is 1. The Bertz CT molecular complexity index is 537. The molecule has 1 aliphatic rings. The highest BCUT2D eigenvalue weighted by molar-refractivity contribution is 7.09. The van der Waals surface area contributed by atoms with Crippen LogP contribution in [0.25, 0.3) is 11.3 Å². The fraction of sp³-hybridized carbons (Fsp3) is 0.400.